The van der Waals surface area contributed by atoms with Crippen molar-refractivity contribution in [3.05, 3.63) is 30.5 Å². The lowest BCUT2D eigenvalue weighted by Crippen LogP contribution is -2.43. The van der Waals surface area contributed by atoms with Gasteiger partial charge in [-0.25, -0.2) is 4.98 Å². The molecule has 2 aromatic rings. The summed E-state index contributed by atoms with van der Waals surface area (Å²) in [6.45, 7) is 0.709. The molecule has 0 aliphatic carbocycles. The molecule has 0 radical (unpaired) electrons. The van der Waals surface area contributed by atoms with Gasteiger partial charge in [-0.1, -0.05) is 6.07 Å². The number of benzene rings is 1. The fourth-order valence-electron chi connectivity index (χ4n) is 2.71. The molecular weight excluding hydrogens is 266 g/mol. The van der Waals surface area contributed by atoms with Gasteiger partial charge in [-0.15, -0.1) is 0 Å². The van der Waals surface area contributed by atoms with Gasteiger partial charge >= 0.3 is 0 Å². The Labute approximate surface area is 123 Å². The summed E-state index contributed by atoms with van der Waals surface area (Å²) >= 11 is 0. The minimum absolute atomic E-state index is 0.209. The van der Waals surface area contributed by atoms with Gasteiger partial charge in [-0.05, 0) is 30.0 Å². The number of carbonyl (C=O) groups excluding carboxylic acids is 1. The van der Waals surface area contributed by atoms with Crippen molar-refractivity contribution in [1.82, 2.24) is 9.88 Å². The average molecular weight is 285 g/mol. The van der Waals surface area contributed by atoms with Crippen LogP contribution in [0.25, 0.3) is 10.8 Å². The Balaban J connectivity index is 1.88. The number of likely N-dealkylation sites (tertiary alicyclic amines) is 1. The number of ether oxygens (including phenoxy) is 1. The van der Waals surface area contributed by atoms with Gasteiger partial charge in [0.15, 0.2) is 0 Å². The Hall–Kier alpha value is -2.30. The van der Waals surface area contributed by atoms with Crippen molar-refractivity contribution in [2.75, 3.05) is 26.0 Å². The first kappa shape index (κ1) is 13.7. The molecule has 21 heavy (non-hydrogen) atoms. The predicted molar refractivity (Wildman–Crippen MR) is 82.6 cm³/mol. The number of nitrogens with one attached hydrogen (secondary N) is 1. The molecule has 1 fully saturated rings. The molecule has 1 unspecified atom stereocenters. The van der Waals surface area contributed by atoms with Crippen LogP contribution in [0.4, 0.5) is 5.82 Å². The number of piperidine rings is 1. The number of pyridine rings is 1. The van der Waals surface area contributed by atoms with E-state index in [9.17, 15) is 4.79 Å². The molecule has 0 saturated carbocycles. The highest BCUT2D eigenvalue weighted by Gasteiger charge is 2.23. The van der Waals surface area contributed by atoms with E-state index in [1.807, 2.05) is 31.3 Å². The fraction of sp³-hybridized carbons (Fsp3) is 0.375. The number of hydrogen-bond acceptors (Lipinski definition) is 4. The Morgan fingerprint density at radius 2 is 2.24 bits per heavy atom. The van der Waals surface area contributed by atoms with Gasteiger partial charge in [0.2, 0.25) is 5.91 Å². The molecule has 1 N–H and O–H groups in total. The maximum atomic E-state index is 11.6. The Morgan fingerprint density at radius 1 is 1.38 bits per heavy atom. The molecule has 1 aromatic carbocycles. The zero-order valence-corrected chi connectivity index (χ0v) is 12.3. The first-order valence-electron chi connectivity index (χ1n) is 7.10. The van der Waals surface area contributed by atoms with Crippen LogP contribution in [0, 0.1) is 0 Å². The summed E-state index contributed by atoms with van der Waals surface area (Å²) in [5.41, 5.74) is 0. The SMILES string of the molecule is COc1ccc2ccnc(NC3CCC(=O)N(C)C3)c2c1. The van der Waals surface area contributed by atoms with Crippen LogP contribution in [0.5, 0.6) is 5.75 Å². The third-order valence-electron chi connectivity index (χ3n) is 3.94. The molecule has 1 aliphatic heterocycles. The second-order valence-electron chi connectivity index (χ2n) is 5.40. The van der Waals surface area contributed by atoms with E-state index in [1.165, 1.54) is 0 Å². The Bertz CT molecular complexity index is 672. The average Bonchev–Trinajstić information content (AvgIpc) is 2.51. The number of aromatic nitrogens is 1. The molecule has 2 heterocycles. The molecular formula is C16H19N3O2. The second kappa shape index (κ2) is 5.60. The maximum Gasteiger partial charge on any atom is 0.222 e. The van der Waals surface area contributed by atoms with E-state index in [2.05, 4.69) is 10.3 Å². The van der Waals surface area contributed by atoms with Gasteiger partial charge in [0.1, 0.15) is 11.6 Å². The first-order valence-corrected chi connectivity index (χ1v) is 7.10. The quantitative estimate of drug-likeness (QED) is 0.940. The smallest absolute Gasteiger partial charge is 0.222 e. The lowest BCUT2D eigenvalue weighted by molar-refractivity contribution is -0.132. The minimum Gasteiger partial charge on any atom is -0.497 e. The van der Waals surface area contributed by atoms with Gasteiger partial charge in [0.25, 0.3) is 0 Å². The van der Waals surface area contributed by atoms with Crippen LogP contribution in [-0.4, -0.2) is 42.5 Å². The van der Waals surface area contributed by atoms with Crippen molar-refractivity contribution in [3.63, 3.8) is 0 Å². The molecule has 1 saturated heterocycles. The van der Waals surface area contributed by atoms with E-state index in [-0.39, 0.29) is 11.9 Å². The van der Waals surface area contributed by atoms with Crippen molar-refractivity contribution in [3.8, 4) is 5.75 Å². The van der Waals surface area contributed by atoms with E-state index in [0.29, 0.717) is 13.0 Å². The summed E-state index contributed by atoms with van der Waals surface area (Å²) in [4.78, 5) is 17.8. The molecule has 0 spiro atoms. The number of amides is 1. The van der Waals surface area contributed by atoms with Gasteiger partial charge in [-0.2, -0.15) is 0 Å². The largest absolute Gasteiger partial charge is 0.497 e. The third kappa shape index (κ3) is 2.77. The molecule has 0 bridgehead atoms. The van der Waals surface area contributed by atoms with Crippen LogP contribution >= 0.6 is 0 Å². The molecule has 5 nitrogen and oxygen atoms in total. The van der Waals surface area contributed by atoms with Gasteiger partial charge in [0, 0.05) is 37.6 Å². The van der Waals surface area contributed by atoms with E-state index in [0.717, 1.165) is 28.8 Å². The number of likely N-dealkylation sites (N-methyl/N-ethyl adjacent to an activating group) is 1. The highest BCUT2D eigenvalue weighted by Crippen LogP contribution is 2.27. The van der Waals surface area contributed by atoms with Crippen LogP contribution in [0.15, 0.2) is 30.5 Å². The molecule has 1 aliphatic rings. The van der Waals surface area contributed by atoms with Gasteiger partial charge in [-0.3, -0.25) is 4.79 Å². The summed E-state index contributed by atoms with van der Waals surface area (Å²) < 4.78 is 5.29. The third-order valence-corrected chi connectivity index (χ3v) is 3.94. The van der Waals surface area contributed by atoms with E-state index in [1.54, 1.807) is 18.2 Å². The Morgan fingerprint density at radius 3 is 3.00 bits per heavy atom. The van der Waals surface area contributed by atoms with Crippen LogP contribution in [0.2, 0.25) is 0 Å². The van der Waals surface area contributed by atoms with Crippen LogP contribution in [-0.2, 0) is 4.79 Å². The number of nitrogens with zero attached hydrogens (tertiary/aromatic N) is 2. The summed E-state index contributed by atoms with van der Waals surface area (Å²) in [6.07, 6.45) is 3.22. The summed E-state index contributed by atoms with van der Waals surface area (Å²) in [5.74, 6) is 1.87. The molecule has 110 valence electrons. The van der Waals surface area contributed by atoms with Gasteiger partial charge in [0.05, 0.1) is 7.11 Å². The van der Waals surface area contributed by atoms with Crippen LogP contribution < -0.4 is 10.1 Å². The van der Waals surface area contributed by atoms with Gasteiger partial charge < -0.3 is 15.0 Å². The highest BCUT2D eigenvalue weighted by molar-refractivity contribution is 5.93. The number of hydrogen-bond donors (Lipinski definition) is 1. The second-order valence-corrected chi connectivity index (χ2v) is 5.40. The summed E-state index contributed by atoms with van der Waals surface area (Å²) in [6, 6.07) is 8.17. The number of fused-ring (bicyclic) bond motifs is 1. The normalized spacial score (nSPS) is 18.9. The number of anilines is 1. The number of methoxy groups -OCH3 is 1. The fourth-order valence-corrected chi connectivity index (χ4v) is 2.71. The lowest BCUT2D eigenvalue weighted by Gasteiger charge is -2.30. The van der Waals surface area contributed by atoms with Crippen LogP contribution in [0.3, 0.4) is 0 Å². The standard InChI is InChI=1S/C16H19N3O2/c1-19-10-12(4-6-15(19)20)18-16-14-9-13(21-2)5-3-11(14)7-8-17-16/h3,5,7-9,12H,4,6,10H2,1-2H3,(H,17,18). The molecule has 1 aromatic heterocycles. The highest BCUT2D eigenvalue weighted by atomic mass is 16.5. The molecule has 5 heteroatoms. The summed E-state index contributed by atoms with van der Waals surface area (Å²) in [7, 11) is 3.50. The summed E-state index contributed by atoms with van der Waals surface area (Å²) in [5, 5.41) is 5.62. The maximum absolute atomic E-state index is 11.6. The van der Waals surface area contributed by atoms with E-state index in [4.69, 9.17) is 4.74 Å². The van der Waals surface area contributed by atoms with Crippen molar-refractivity contribution >= 4 is 22.5 Å². The van der Waals surface area contributed by atoms with Crippen LogP contribution in [0.1, 0.15) is 12.8 Å². The molecule has 3 rings (SSSR count). The zero-order chi connectivity index (χ0) is 14.8. The molecule has 1 amide bonds. The van der Waals surface area contributed by atoms with E-state index >= 15 is 0 Å². The predicted octanol–water partition coefficient (Wildman–Crippen LogP) is 2.28. The first-order chi connectivity index (χ1) is 10.2. The topological polar surface area (TPSA) is 54.5 Å². The molecule has 1 atom stereocenters. The minimum atomic E-state index is 0.209. The van der Waals surface area contributed by atoms with Crippen molar-refractivity contribution in [1.29, 1.82) is 0 Å². The van der Waals surface area contributed by atoms with Crippen molar-refractivity contribution in [2.45, 2.75) is 18.9 Å². The number of rotatable bonds is 3. The van der Waals surface area contributed by atoms with E-state index < -0.39 is 0 Å². The number of carbonyl (C=O) groups is 1. The zero-order valence-electron chi connectivity index (χ0n) is 12.3. The lowest BCUT2D eigenvalue weighted by atomic mass is 10.1. The Kier molecular flexibility index (Phi) is 3.64. The monoisotopic (exact) mass is 285 g/mol. The van der Waals surface area contributed by atoms with Crippen molar-refractivity contribution < 1.29 is 9.53 Å². The van der Waals surface area contributed by atoms with Crippen molar-refractivity contribution in [2.24, 2.45) is 0 Å².